The smallest absolute Gasteiger partial charge is 0.306 e. The van der Waals surface area contributed by atoms with E-state index in [9.17, 15) is 14.4 Å². The van der Waals surface area contributed by atoms with Crippen LogP contribution in [0.2, 0.25) is 0 Å². The van der Waals surface area contributed by atoms with Crippen molar-refractivity contribution >= 4 is 17.9 Å². The molecular weight excluding hydrogens is 1010 g/mol. The van der Waals surface area contributed by atoms with Crippen LogP contribution in [0.25, 0.3) is 0 Å². The molecule has 0 aliphatic rings. The van der Waals surface area contributed by atoms with Gasteiger partial charge in [-0.25, -0.2) is 0 Å². The average molecular weight is 1140 g/mol. The summed E-state index contributed by atoms with van der Waals surface area (Å²) in [5.41, 5.74) is 0. The van der Waals surface area contributed by atoms with Crippen LogP contribution in [0.4, 0.5) is 0 Å². The minimum absolute atomic E-state index is 0.0859. The molecule has 0 aliphatic carbocycles. The van der Waals surface area contributed by atoms with E-state index < -0.39 is 6.10 Å². The molecule has 0 heterocycles. The van der Waals surface area contributed by atoms with E-state index in [1.54, 1.807) is 0 Å². The van der Waals surface area contributed by atoms with Gasteiger partial charge in [0.25, 0.3) is 0 Å². The SMILES string of the molecule is CC/C=C\C/C=C\C/C=C\C/C=C\C/C=C\C/C=C\C/C=C\C/C=C\C/C=C\CCCCCCCC(=O)OCC(COC(=O)CCCCCCCCCCCCCCCCC)OC(=O)CCCCCCC/C=C\CCCCCCCCC. The Morgan fingerprint density at radius 3 is 0.756 bits per heavy atom. The molecule has 0 aliphatic heterocycles. The van der Waals surface area contributed by atoms with Crippen LogP contribution in [-0.2, 0) is 28.6 Å². The number of carbonyl (C=O) groups is 3. The Morgan fingerprint density at radius 1 is 0.256 bits per heavy atom. The van der Waals surface area contributed by atoms with Crippen LogP contribution in [0.15, 0.2) is 122 Å². The number of unbranched alkanes of at least 4 members (excludes halogenated alkanes) is 31. The van der Waals surface area contributed by atoms with Crippen LogP contribution in [0.3, 0.4) is 0 Å². The topological polar surface area (TPSA) is 78.9 Å². The first-order valence-corrected chi connectivity index (χ1v) is 34.5. The molecule has 468 valence electrons. The van der Waals surface area contributed by atoms with Gasteiger partial charge >= 0.3 is 17.9 Å². The highest BCUT2D eigenvalue weighted by atomic mass is 16.6. The fraction of sp³-hybridized carbons (Fsp3) is 0.697. The molecule has 1 atom stereocenters. The monoisotopic (exact) mass is 1140 g/mol. The summed E-state index contributed by atoms with van der Waals surface area (Å²) in [4.78, 5) is 38.4. The summed E-state index contributed by atoms with van der Waals surface area (Å²) < 4.78 is 16.9. The third-order valence-corrected chi connectivity index (χ3v) is 14.7. The Bertz CT molecular complexity index is 1690. The number of carbonyl (C=O) groups excluding carboxylic acids is 3. The fourth-order valence-electron chi connectivity index (χ4n) is 9.55. The molecule has 1 unspecified atom stereocenters. The summed E-state index contributed by atoms with van der Waals surface area (Å²) in [6.45, 7) is 6.53. The summed E-state index contributed by atoms with van der Waals surface area (Å²) >= 11 is 0. The Kier molecular flexibility index (Phi) is 65.8. The predicted molar refractivity (Wildman–Crippen MR) is 357 cm³/mol. The van der Waals surface area contributed by atoms with E-state index in [-0.39, 0.29) is 31.1 Å². The van der Waals surface area contributed by atoms with Gasteiger partial charge in [0.1, 0.15) is 13.2 Å². The van der Waals surface area contributed by atoms with E-state index >= 15 is 0 Å². The summed E-state index contributed by atoms with van der Waals surface area (Å²) in [6.07, 6.45) is 96.4. The molecule has 0 spiro atoms. The van der Waals surface area contributed by atoms with Crippen LogP contribution in [0.5, 0.6) is 0 Å². The average Bonchev–Trinajstić information content (AvgIpc) is 3.47. The zero-order valence-corrected chi connectivity index (χ0v) is 53.7. The normalized spacial score (nSPS) is 12.9. The highest BCUT2D eigenvalue weighted by Crippen LogP contribution is 2.16. The van der Waals surface area contributed by atoms with Gasteiger partial charge in [0.15, 0.2) is 6.10 Å². The molecule has 0 bridgehead atoms. The number of hydrogen-bond donors (Lipinski definition) is 0. The van der Waals surface area contributed by atoms with Gasteiger partial charge < -0.3 is 14.2 Å². The molecular formula is C76H128O6. The van der Waals surface area contributed by atoms with Crippen LogP contribution in [-0.4, -0.2) is 37.2 Å². The van der Waals surface area contributed by atoms with Crippen molar-refractivity contribution in [2.45, 2.75) is 329 Å². The maximum absolute atomic E-state index is 12.9. The second kappa shape index (κ2) is 69.3. The molecule has 0 saturated carbocycles. The van der Waals surface area contributed by atoms with E-state index in [0.29, 0.717) is 19.3 Å². The zero-order valence-electron chi connectivity index (χ0n) is 53.7. The maximum atomic E-state index is 12.9. The van der Waals surface area contributed by atoms with Gasteiger partial charge in [-0.3, -0.25) is 14.4 Å². The highest BCUT2D eigenvalue weighted by Gasteiger charge is 2.19. The highest BCUT2D eigenvalue weighted by molar-refractivity contribution is 5.71. The van der Waals surface area contributed by atoms with Gasteiger partial charge in [-0.05, 0) is 116 Å². The number of allylic oxidation sites excluding steroid dienone is 20. The number of esters is 3. The minimum Gasteiger partial charge on any atom is -0.462 e. The lowest BCUT2D eigenvalue weighted by molar-refractivity contribution is -0.167. The van der Waals surface area contributed by atoms with Crippen molar-refractivity contribution in [2.75, 3.05) is 13.2 Å². The first-order chi connectivity index (χ1) is 40.5. The largest absolute Gasteiger partial charge is 0.462 e. The maximum Gasteiger partial charge on any atom is 0.306 e. The number of rotatable bonds is 62. The standard InChI is InChI=1S/C76H128O6/c1-4-7-10-13-16-19-22-25-28-30-31-32-33-34-35-36-37-38-39-40-41-42-43-44-45-46-49-51-54-57-60-63-66-69-75(78)81-72-73(71-80-74(77)68-65-62-59-56-53-50-47-27-24-21-18-15-12-9-6-3)82-76(79)70-67-64-61-58-55-52-48-29-26-23-20-17-14-11-8-5-2/h7,10,16,19,25,28-29,31-32,34-35,37-38,40-41,43-44,46,48-49,73H,4-6,8-9,11-15,17-18,20-24,26-27,30,33,36,39,42,45,47,50-72H2,1-3H3/b10-7-,19-16-,28-25-,32-31-,35-34-,38-37-,41-40-,44-43-,48-29-,49-46-. The van der Waals surface area contributed by atoms with Gasteiger partial charge in [-0.15, -0.1) is 0 Å². The first-order valence-electron chi connectivity index (χ1n) is 34.5. The third-order valence-electron chi connectivity index (χ3n) is 14.7. The number of ether oxygens (including phenoxy) is 3. The summed E-state index contributed by atoms with van der Waals surface area (Å²) in [5.74, 6) is -0.904. The lowest BCUT2D eigenvalue weighted by atomic mass is 10.0. The van der Waals surface area contributed by atoms with Gasteiger partial charge in [0.2, 0.25) is 0 Å². The summed E-state index contributed by atoms with van der Waals surface area (Å²) in [7, 11) is 0. The van der Waals surface area contributed by atoms with Crippen molar-refractivity contribution in [3.8, 4) is 0 Å². The third kappa shape index (κ3) is 66.6. The van der Waals surface area contributed by atoms with Gasteiger partial charge in [0, 0.05) is 19.3 Å². The van der Waals surface area contributed by atoms with Gasteiger partial charge in [0.05, 0.1) is 0 Å². The van der Waals surface area contributed by atoms with Crippen molar-refractivity contribution in [1.29, 1.82) is 0 Å². The molecule has 0 amide bonds. The fourth-order valence-corrected chi connectivity index (χ4v) is 9.55. The van der Waals surface area contributed by atoms with E-state index in [0.717, 1.165) is 148 Å². The van der Waals surface area contributed by atoms with E-state index in [1.165, 1.54) is 135 Å². The van der Waals surface area contributed by atoms with E-state index in [4.69, 9.17) is 14.2 Å². The van der Waals surface area contributed by atoms with Crippen molar-refractivity contribution < 1.29 is 28.6 Å². The lowest BCUT2D eigenvalue weighted by Crippen LogP contribution is -2.30. The second-order valence-corrected chi connectivity index (χ2v) is 22.7. The molecule has 6 heteroatoms. The molecule has 0 rings (SSSR count). The van der Waals surface area contributed by atoms with Crippen LogP contribution >= 0.6 is 0 Å². The van der Waals surface area contributed by atoms with Crippen LogP contribution in [0.1, 0.15) is 323 Å². The Balaban J connectivity index is 4.34. The molecule has 82 heavy (non-hydrogen) atoms. The van der Waals surface area contributed by atoms with Crippen molar-refractivity contribution in [3.05, 3.63) is 122 Å². The Morgan fingerprint density at radius 2 is 0.476 bits per heavy atom. The zero-order chi connectivity index (χ0) is 59.2. The van der Waals surface area contributed by atoms with Crippen molar-refractivity contribution in [2.24, 2.45) is 0 Å². The van der Waals surface area contributed by atoms with Crippen LogP contribution in [0, 0.1) is 0 Å². The first kappa shape index (κ1) is 77.8. The van der Waals surface area contributed by atoms with Gasteiger partial charge in [-0.2, -0.15) is 0 Å². The van der Waals surface area contributed by atoms with Gasteiger partial charge in [-0.1, -0.05) is 309 Å². The molecule has 0 saturated heterocycles. The number of hydrogen-bond acceptors (Lipinski definition) is 6. The summed E-state index contributed by atoms with van der Waals surface area (Å²) in [6, 6.07) is 0. The lowest BCUT2D eigenvalue weighted by Gasteiger charge is -2.18. The minimum atomic E-state index is -0.792. The Labute approximate surface area is 507 Å². The van der Waals surface area contributed by atoms with E-state index in [2.05, 4.69) is 142 Å². The molecule has 0 radical (unpaired) electrons. The molecule has 0 aromatic carbocycles. The molecule has 6 nitrogen and oxygen atoms in total. The molecule has 0 N–H and O–H groups in total. The molecule has 0 aromatic rings. The van der Waals surface area contributed by atoms with E-state index in [1.807, 2.05) is 0 Å². The predicted octanol–water partition coefficient (Wildman–Crippen LogP) is 23.9. The van der Waals surface area contributed by atoms with Crippen LogP contribution < -0.4 is 0 Å². The Hall–Kier alpha value is -4.19. The summed E-state index contributed by atoms with van der Waals surface area (Å²) in [5, 5.41) is 0. The second-order valence-electron chi connectivity index (χ2n) is 22.7. The molecule has 0 fully saturated rings. The molecule has 0 aromatic heterocycles. The van der Waals surface area contributed by atoms with Crippen molar-refractivity contribution in [1.82, 2.24) is 0 Å². The quantitative estimate of drug-likeness (QED) is 0.0261. The van der Waals surface area contributed by atoms with Crippen molar-refractivity contribution in [3.63, 3.8) is 0 Å².